The van der Waals surface area contributed by atoms with Gasteiger partial charge < -0.3 is 9.84 Å². The standard InChI is InChI=1S/C19H22ClNO2/c1-4-15(22)6-7-16-11-13-9-12-10-14(20)5-8-17(12)21-18(13)19(2,3)23-16/h5-10,15-16,22H,4,11H2,1-3H3/b7-6+. The Bertz CT molecular complexity index is 754. The van der Waals surface area contributed by atoms with Gasteiger partial charge in [-0.3, -0.25) is 0 Å². The number of benzene rings is 1. The van der Waals surface area contributed by atoms with Crippen LogP contribution in [-0.4, -0.2) is 22.3 Å². The van der Waals surface area contributed by atoms with Gasteiger partial charge in [0.15, 0.2) is 0 Å². The maximum atomic E-state index is 9.72. The number of hydrogen-bond donors (Lipinski definition) is 1. The van der Waals surface area contributed by atoms with E-state index in [0.717, 1.165) is 23.0 Å². The minimum Gasteiger partial charge on any atom is -0.389 e. The van der Waals surface area contributed by atoms with Crippen LogP contribution in [0.4, 0.5) is 0 Å². The Morgan fingerprint density at radius 1 is 1.43 bits per heavy atom. The van der Waals surface area contributed by atoms with Gasteiger partial charge in [0.2, 0.25) is 0 Å². The second-order valence-corrected chi connectivity index (χ2v) is 7.00. The van der Waals surface area contributed by atoms with Crippen LogP contribution in [0.3, 0.4) is 0 Å². The normalized spacial score (nSPS) is 21.5. The molecule has 0 bridgehead atoms. The molecule has 1 aromatic heterocycles. The third kappa shape index (κ3) is 3.42. The van der Waals surface area contributed by atoms with Crippen molar-refractivity contribution in [3.63, 3.8) is 0 Å². The summed E-state index contributed by atoms with van der Waals surface area (Å²) in [6.07, 6.45) is 4.75. The summed E-state index contributed by atoms with van der Waals surface area (Å²) in [5.74, 6) is 0. The number of nitrogens with zero attached hydrogens (tertiary/aromatic N) is 1. The molecule has 0 aliphatic carbocycles. The topological polar surface area (TPSA) is 42.4 Å². The number of fused-ring (bicyclic) bond motifs is 2. The number of halogens is 1. The quantitative estimate of drug-likeness (QED) is 0.848. The van der Waals surface area contributed by atoms with Crippen molar-refractivity contribution in [2.45, 2.75) is 51.4 Å². The first-order valence-corrected chi connectivity index (χ1v) is 8.40. The molecule has 2 atom stereocenters. The third-order valence-corrected chi connectivity index (χ3v) is 4.49. The Kier molecular flexibility index (Phi) is 4.45. The van der Waals surface area contributed by atoms with Gasteiger partial charge in [-0.15, -0.1) is 0 Å². The number of hydrogen-bond acceptors (Lipinski definition) is 3. The number of pyridine rings is 1. The third-order valence-electron chi connectivity index (χ3n) is 4.26. The minimum atomic E-state index is -0.465. The van der Waals surface area contributed by atoms with Gasteiger partial charge >= 0.3 is 0 Å². The molecule has 3 rings (SSSR count). The van der Waals surface area contributed by atoms with E-state index < -0.39 is 11.7 Å². The highest BCUT2D eigenvalue weighted by molar-refractivity contribution is 6.31. The summed E-state index contributed by atoms with van der Waals surface area (Å²) in [4.78, 5) is 4.80. The smallest absolute Gasteiger partial charge is 0.105 e. The Hall–Kier alpha value is -1.42. The molecular formula is C19H22ClNO2. The van der Waals surface area contributed by atoms with Crippen molar-refractivity contribution in [1.82, 2.24) is 4.98 Å². The highest BCUT2D eigenvalue weighted by atomic mass is 35.5. The number of rotatable bonds is 3. The Labute approximate surface area is 141 Å². The van der Waals surface area contributed by atoms with E-state index >= 15 is 0 Å². The van der Waals surface area contributed by atoms with Crippen LogP contribution in [0.2, 0.25) is 5.02 Å². The fraction of sp³-hybridized carbons (Fsp3) is 0.421. The van der Waals surface area contributed by atoms with Crippen molar-refractivity contribution < 1.29 is 9.84 Å². The molecule has 122 valence electrons. The van der Waals surface area contributed by atoms with E-state index in [-0.39, 0.29) is 6.10 Å². The molecule has 1 aromatic carbocycles. The van der Waals surface area contributed by atoms with Crippen LogP contribution in [0, 0.1) is 0 Å². The monoisotopic (exact) mass is 331 g/mol. The van der Waals surface area contributed by atoms with E-state index in [1.165, 1.54) is 5.56 Å². The maximum absolute atomic E-state index is 9.72. The summed E-state index contributed by atoms with van der Waals surface area (Å²) in [7, 11) is 0. The van der Waals surface area contributed by atoms with Crippen molar-refractivity contribution in [2.24, 2.45) is 0 Å². The molecule has 0 saturated heterocycles. The summed E-state index contributed by atoms with van der Waals surface area (Å²) in [5.41, 5.74) is 2.62. The van der Waals surface area contributed by atoms with Gasteiger partial charge in [0, 0.05) is 16.8 Å². The fourth-order valence-electron chi connectivity index (χ4n) is 3.06. The maximum Gasteiger partial charge on any atom is 0.105 e. The molecule has 0 radical (unpaired) electrons. The number of aliphatic hydroxyl groups is 1. The number of aromatic nitrogens is 1. The fourth-order valence-corrected chi connectivity index (χ4v) is 3.24. The Balaban J connectivity index is 2.00. The van der Waals surface area contributed by atoms with Crippen LogP contribution in [-0.2, 0) is 16.8 Å². The molecule has 1 N–H and O–H groups in total. The highest BCUT2D eigenvalue weighted by Gasteiger charge is 2.34. The highest BCUT2D eigenvalue weighted by Crippen LogP contribution is 2.36. The van der Waals surface area contributed by atoms with Crippen molar-refractivity contribution in [1.29, 1.82) is 0 Å². The lowest BCUT2D eigenvalue weighted by Gasteiger charge is -2.36. The van der Waals surface area contributed by atoms with E-state index in [2.05, 4.69) is 6.07 Å². The first-order chi connectivity index (χ1) is 10.9. The largest absolute Gasteiger partial charge is 0.389 e. The molecular weight excluding hydrogens is 310 g/mol. The van der Waals surface area contributed by atoms with Crippen LogP contribution < -0.4 is 0 Å². The zero-order valence-corrected chi connectivity index (χ0v) is 14.5. The van der Waals surface area contributed by atoms with Gasteiger partial charge in [-0.05, 0) is 50.1 Å². The summed E-state index contributed by atoms with van der Waals surface area (Å²) in [6.45, 7) is 6.03. The van der Waals surface area contributed by atoms with Gasteiger partial charge in [0.1, 0.15) is 5.60 Å². The van der Waals surface area contributed by atoms with E-state index in [0.29, 0.717) is 11.4 Å². The molecule has 1 aliphatic rings. The molecule has 2 aromatic rings. The van der Waals surface area contributed by atoms with Crippen LogP contribution >= 0.6 is 11.6 Å². The predicted octanol–water partition coefficient (Wildman–Crippen LogP) is 4.39. The SMILES string of the molecule is CCC(O)/C=C/C1Cc2cc3cc(Cl)ccc3nc2C(C)(C)O1. The summed E-state index contributed by atoms with van der Waals surface area (Å²) in [6, 6.07) is 7.90. The van der Waals surface area contributed by atoms with E-state index in [9.17, 15) is 5.11 Å². The van der Waals surface area contributed by atoms with Gasteiger partial charge in [-0.2, -0.15) is 0 Å². The van der Waals surface area contributed by atoms with Crippen LogP contribution in [0.5, 0.6) is 0 Å². The van der Waals surface area contributed by atoms with Crippen LogP contribution in [0.1, 0.15) is 38.4 Å². The van der Waals surface area contributed by atoms with Crippen LogP contribution in [0.15, 0.2) is 36.4 Å². The lowest BCUT2D eigenvalue weighted by Crippen LogP contribution is -2.36. The molecule has 0 spiro atoms. The van der Waals surface area contributed by atoms with Gasteiger partial charge in [0.05, 0.1) is 23.4 Å². The summed E-state index contributed by atoms with van der Waals surface area (Å²) < 4.78 is 6.18. The first kappa shape index (κ1) is 16.4. The average molecular weight is 332 g/mol. The van der Waals surface area contributed by atoms with Gasteiger partial charge in [-0.1, -0.05) is 30.7 Å². The molecule has 1 aliphatic heterocycles. The second kappa shape index (κ2) is 6.23. The number of ether oxygens (including phenoxy) is 1. The molecule has 3 nitrogen and oxygen atoms in total. The van der Waals surface area contributed by atoms with Crippen LogP contribution in [0.25, 0.3) is 10.9 Å². The molecule has 0 amide bonds. The Morgan fingerprint density at radius 2 is 2.22 bits per heavy atom. The van der Waals surface area contributed by atoms with Crippen molar-refractivity contribution in [2.75, 3.05) is 0 Å². The zero-order valence-electron chi connectivity index (χ0n) is 13.7. The molecule has 2 unspecified atom stereocenters. The van der Waals surface area contributed by atoms with E-state index in [1.807, 2.05) is 51.1 Å². The van der Waals surface area contributed by atoms with E-state index in [1.54, 1.807) is 0 Å². The van der Waals surface area contributed by atoms with Gasteiger partial charge in [-0.25, -0.2) is 4.98 Å². The summed E-state index contributed by atoms with van der Waals surface area (Å²) >= 11 is 6.10. The van der Waals surface area contributed by atoms with Crippen molar-refractivity contribution in [3.05, 3.63) is 52.7 Å². The number of aliphatic hydroxyl groups excluding tert-OH is 1. The lowest BCUT2D eigenvalue weighted by molar-refractivity contribution is -0.0700. The molecule has 4 heteroatoms. The molecule has 2 heterocycles. The molecule has 0 saturated carbocycles. The van der Waals surface area contributed by atoms with Crippen molar-refractivity contribution in [3.8, 4) is 0 Å². The van der Waals surface area contributed by atoms with Crippen molar-refractivity contribution >= 4 is 22.5 Å². The predicted molar refractivity (Wildman–Crippen MR) is 93.8 cm³/mol. The minimum absolute atomic E-state index is 0.0582. The zero-order chi connectivity index (χ0) is 16.6. The average Bonchev–Trinajstić information content (AvgIpc) is 2.50. The lowest BCUT2D eigenvalue weighted by atomic mass is 9.90. The Morgan fingerprint density at radius 3 is 2.96 bits per heavy atom. The second-order valence-electron chi connectivity index (χ2n) is 6.56. The van der Waals surface area contributed by atoms with Gasteiger partial charge in [0.25, 0.3) is 0 Å². The summed E-state index contributed by atoms with van der Waals surface area (Å²) in [5, 5.41) is 11.5. The molecule has 0 fully saturated rings. The van der Waals surface area contributed by atoms with E-state index in [4.69, 9.17) is 21.3 Å². The first-order valence-electron chi connectivity index (χ1n) is 8.03. The molecule has 23 heavy (non-hydrogen) atoms.